The molecule has 0 saturated carbocycles. The smallest absolute Gasteiger partial charge is 0.295 e. The SMILES string of the molecule is CC(C)(C)NCC(O[N+](=O)[O-])c1cc2cc3c(cc2o1)CSS3. The molecule has 1 N–H and O–H groups in total. The maximum atomic E-state index is 10.8. The van der Waals surface area contributed by atoms with Gasteiger partial charge in [0, 0.05) is 28.1 Å². The Hall–Kier alpha value is -1.38. The molecule has 1 aliphatic heterocycles. The fourth-order valence-corrected chi connectivity index (χ4v) is 4.79. The lowest BCUT2D eigenvalue weighted by Gasteiger charge is -2.23. The van der Waals surface area contributed by atoms with Crippen LogP contribution in [0.3, 0.4) is 0 Å². The predicted octanol–water partition coefficient (Wildman–Crippen LogP) is 4.32. The van der Waals surface area contributed by atoms with Crippen LogP contribution in [-0.2, 0) is 10.6 Å². The summed E-state index contributed by atoms with van der Waals surface area (Å²) < 4.78 is 5.83. The number of rotatable bonds is 5. The zero-order valence-electron chi connectivity index (χ0n) is 13.1. The summed E-state index contributed by atoms with van der Waals surface area (Å²) in [6, 6.07) is 5.92. The standard InChI is InChI=1S/C15H18N2O4S2/c1-15(2,3)16-7-13(21-17(18)19)12-4-9-6-14-10(8-22-23-14)5-11(9)20-12/h4-6,13,16H,7-8H2,1-3H3. The maximum absolute atomic E-state index is 10.8. The van der Waals surface area contributed by atoms with Gasteiger partial charge in [0.05, 0.1) is 0 Å². The summed E-state index contributed by atoms with van der Waals surface area (Å²) in [5.74, 6) is 1.42. The first-order chi connectivity index (χ1) is 10.8. The molecule has 6 nitrogen and oxygen atoms in total. The summed E-state index contributed by atoms with van der Waals surface area (Å²) in [7, 11) is 3.55. The molecule has 2 heterocycles. The van der Waals surface area contributed by atoms with Crippen LogP contribution >= 0.6 is 21.6 Å². The summed E-state index contributed by atoms with van der Waals surface area (Å²) in [5, 5.41) is 14.2. The van der Waals surface area contributed by atoms with Gasteiger partial charge >= 0.3 is 0 Å². The Kier molecular flexibility index (Phi) is 4.48. The van der Waals surface area contributed by atoms with Crippen LogP contribution in [0.1, 0.15) is 38.2 Å². The lowest BCUT2D eigenvalue weighted by atomic mass is 10.1. The molecule has 0 amide bonds. The van der Waals surface area contributed by atoms with E-state index in [1.165, 1.54) is 10.5 Å². The molecule has 0 aliphatic carbocycles. The molecule has 2 aromatic rings. The molecule has 0 fully saturated rings. The molecule has 124 valence electrons. The molecule has 0 bridgehead atoms. The average molecular weight is 354 g/mol. The Morgan fingerprint density at radius 1 is 1.43 bits per heavy atom. The lowest BCUT2D eigenvalue weighted by molar-refractivity contribution is -0.771. The number of hydrogen-bond acceptors (Lipinski definition) is 7. The van der Waals surface area contributed by atoms with Crippen molar-refractivity contribution in [2.75, 3.05) is 6.54 Å². The van der Waals surface area contributed by atoms with E-state index in [0.29, 0.717) is 12.3 Å². The van der Waals surface area contributed by atoms with Gasteiger partial charge in [-0.3, -0.25) is 0 Å². The van der Waals surface area contributed by atoms with Crippen molar-refractivity contribution in [3.8, 4) is 0 Å². The molecule has 8 heteroatoms. The van der Waals surface area contributed by atoms with Crippen molar-refractivity contribution < 1.29 is 14.3 Å². The van der Waals surface area contributed by atoms with E-state index in [4.69, 9.17) is 9.25 Å². The van der Waals surface area contributed by atoms with Gasteiger partial charge < -0.3 is 14.6 Å². The minimum Gasteiger partial charge on any atom is -0.459 e. The number of nitrogens with one attached hydrogen (secondary N) is 1. The van der Waals surface area contributed by atoms with E-state index >= 15 is 0 Å². The van der Waals surface area contributed by atoms with E-state index in [2.05, 4.69) is 11.4 Å². The Labute approximate surface area is 141 Å². The van der Waals surface area contributed by atoms with E-state index < -0.39 is 11.2 Å². The van der Waals surface area contributed by atoms with Crippen LogP contribution in [-0.4, -0.2) is 17.2 Å². The second kappa shape index (κ2) is 6.26. The Morgan fingerprint density at radius 2 is 2.22 bits per heavy atom. The van der Waals surface area contributed by atoms with Crippen molar-refractivity contribution in [2.45, 2.75) is 43.1 Å². The van der Waals surface area contributed by atoms with Gasteiger partial charge in [0.15, 0.2) is 6.10 Å². The van der Waals surface area contributed by atoms with Crippen molar-refractivity contribution in [1.82, 2.24) is 5.32 Å². The second-order valence-corrected chi connectivity index (χ2v) is 8.78. The highest BCUT2D eigenvalue weighted by Gasteiger charge is 2.24. The highest BCUT2D eigenvalue weighted by molar-refractivity contribution is 8.76. The predicted molar refractivity (Wildman–Crippen MR) is 91.9 cm³/mol. The number of hydrogen-bond donors (Lipinski definition) is 1. The number of nitrogens with zero attached hydrogens (tertiary/aromatic N) is 1. The maximum Gasteiger partial charge on any atom is 0.295 e. The Morgan fingerprint density at radius 3 is 2.91 bits per heavy atom. The quantitative estimate of drug-likeness (QED) is 0.486. The van der Waals surface area contributed by atoms with Crippen molar-refractivity contribution in [1.29, 1.82) is 0 Å². The Balaban J connectivity index is 1.89. The monoisotopic (exact) mass is 354 g/mol. The molecule has 1 aliphatic rings. The zero-order valence-corrected chi connectivity index (χ0v) is 14.8. The third kappa shape index (κ3) is 3.94. The molecular weight excluding hydrogens is 336 g/mol. The lowest BCUT2D eigenvalue weighted by Crippen LogP contribution is -2.39. The van der Waals surface area contributed by atoms with Crippen LogP contribution in [0.2, 0.25) is 0 Å². The second-order valence-electron chi connectivity index (χ2n) is 6.44. The first-order valence-electron chi connectivity index (χ1n) is 7.24. The first kappa shape index (κ1) is 16.5. The van der Waals surface area contributed by atoms with Gasteiger partial charge in [-0.2, -0.15) is 0 Å². The van der Waals surface area contributed by atoms with Crippen LogP contribution in [0.5, 0.6) is 0 Å². The normalized spacial score (nSPS) is 15.6. The Bertz CT molecular complexity index is 698. The van der Waals surface area contributed by atoms with E-state index in [0.717, 1.165) is 16.7 Å². The zero-order chi connectivity index (χ0) is 16.6. The number of furan rings is 1. The molecule has 0 radical (unpaired) electrons. The van der Waals surface area contributed by atoms with Gasteiger partial charge in [-0.05, 0) is 44.5 Å². The minimum atomic E-state index is -0.770. The van der Waals surface area contributed by atoms with Crippen LogP contribution in [0, 0.1) is 10.1 Å². The number of benzene rings is 1. The van der Waals surface area contributed by atoms with Gasteiger partial charge in [-0.25, -0.2) is 0 Å². The summed E-state index contributed by atoms with van der Waals surface area (Å²) in [5.41, 5.74) is 1.82. The van der Waals surface area contributed by atoms with Crippen molar-refractivity contribution in [3.05, 3.63) is 39.6 Å². The fourth-order valence-electron chi connectivity index (χ4n) is 2.33. The van der Waals surface area contributed by atoms with E-state index in [1.807, 2.05) is 32.9 Å². The molecule has 0 saturated heterocycles. The van der Waals surface area contributed by atoms with Gasteiger partial charge in [0.1, 0.15) is 11.3 Å². The molecular formula is C15H18N2O4S2. The molecule has 23 heavy (non-hydrogen) atoms. The van der Waals surface area contributed by atoms with Crippen molar-refractivity contribution >= 4 is 32.6 Å². The largest absolute Gasteiger partial charge is 0.459 e. The van der Waals surface area contributed by atoms with E-state index in [9.17, 15) is 10.1 Å². The molecule has 3 rings (SSSR count). The highest BCUT2D eigenvalue weighted by atomic mass is 33.1. The van der Waals surface area contributed by atoms with E-state index in [1.54, 1.807) is 21.6 Å². The third-order valence-electron chi connectivity index (χ3n) is 3.43. The van der Waals surface area contributed by atoms with Crippen LogP contribution < -0.4 is 5.32 Å². The molecule has 0 spiro atoms. The van der Waals surface area contributed by atoms with Crippen LogP contribution in [0.4, 0.5) is 0 Å². The van der Waals surface area contributed by atoms with Gasteiger partial charge in [0.25, 0.3) is 5.09 Å². The van der Waals surface area contributed by atoms with Gasteiger partial charge in [-0.1, -0.05) is 21.6 Å². The molecule has 1 aromatic carbocycles. The number of fused-ring (bicyclic) bond motifs is 2. The molecule has 1 unspecified atom stereocenters. The van der Waals surface area contributed by atoms with Crippen LogP contribution in [0.25, 0.3) is 11.0 Å². The third-order valence-corrected chi connectivity index (χ3v) is 5.78. The van der Waals surface area contributed by atoms with Gasteiger partial charge in [-0.15, -0.1) is 10.1 Å². The first-order valence-corrected chi connectivity index (χ1v) is 9.56. The van der Waals surface area contributed by atoms with Crippen LogP contribution in [0.15, 0.2) is 27.5 Å². The minimum absolute atomic E-state index is 0.167. The fraction of sp³-hybridized carbons (Fsp3) is 0.467. The summed E-state index contributed by atoms with van der Waals surface area (Å²) >= 11 is 0. The molecule has 1 aromatic heterocycles. The average Bonchev–Trinajstić information content (AvgIpc) is 3.04. The van der Waals surface area contributed by atoms with Crippen molar-refractivity contribution in [3.63, 3.8) is 0 Å². The summed E-state index contributed by atoms with van der Waals surface area (Å²) in [4.78, 5) is 16.8. The highest BCUT2D eigenvalue weighted by Crippen LogP contribution is 2.46. The summed E-state index contributed by atoms with van der Waals surface area (Å²) in [6.07, 6.45) is -0.770. The van der Waals surface area contributed by atoms with E-state index in [-0.39, 0.29) is 5.54 Å². The van der Waals surface area contributed by atoms with Crippen molar-refractivity contribution in [2.24, 2.45) is 0 Å². The molecule has 1 atom stereocenters. The van der Waals surface area contributed by atoms with Gasteiger partial charge in [0.2, 0.25) is 0 Å². The topological polar surface area (TPSA) is 77.5 Å². The summed E-state index contributed by atoms with van der Waals surface area (Å²) in [6.45, 7) is 6.28.